The molecule has 3 N–H and O–H groups in total. The van der Waals surface area contributed by atoms with Crippen LogP contribution in [0.5, 0.6) is 0 Å². The summed E-state index contributed by atoms with van der Waals surface area (Å²) in [5.74, 6) is -2.88. The lowest BCUT2D eigenvalue weighted by molar-refractivity contribution is 0.0588. The van der Waals surface area contributed by atoms with Crippen LogP contribution in [0.3, 0.4) is 0 Å². The van der Waals surface area contributed by atoms with Crippen LogP contribution in [0.25, 0.3) is 0 Å². The Kier molecular flexibility index (Phi) is 7.59. The highest BCUT2D eigenvalue weighted by molar-refractivity contribution is 5.90. The molecule has 4 aromatic rings. The highest BCUT2D eigenvalue weighted by Crippen LogP contribution is 2.12. The van der Waals surface area contributed by atoms with Crippen LogP contribution in [0.1, 0.15) is 31.1 Å². The van der Waals surface area contributed by atoms with Crippen molar-refractivity contribution in [1.82, 2.24) is 15.0 Å². The van der Waals surface area contributed by atoms with Crippen molar-refractivity contribution in [3.8, 4) is 0 Å². The fourth-order valence-electron chi connectivity index (χ4n) is 2.69. The minimum absolute atomic E-state index is 0.259. The maximum atomic E-state index is 12.2. The normalized spacial score (nSPS) is 10.0. The highest BCUT2D eigenvalue weighted by Gasteiger charge is 2.14. The Morgan fingerprint density at radius 3 is 0.944 bits per heavy atom. The second-order valence-corrected chi connectivity index (χ2v) is 6.88. The van der Waals surface area contributed by atoms with Crippen molar-refractivity contribution >= 4 is 35.8 Å². The second kappa shape index (κ2) is 11.6. The van der Waals surface area contributed by atoms with Gasteiger partial charge in [-0.05, 0) is 36.4 Å². The molecular weight excluding hydrogens is 468 g/mol. The van der Waals surface area contributed by atoms with Gasteiger partial charge in [0.1, 0.15) is 0 Å². The van der Waals surface area contributed by atoms with Crippen molar-refractivity contribution in [1.29, 1.82) is 0 Å². The summed E-state index contributed by atoms with van der Waals surface area (Å²) in [6.07, 6.45) is 0. The van der Waals surface area contributed by atoms with Gasteiger partial charge in [0.15, 0.2) is 0 Å². The van der Waals surface area contributed by atoms with Gasteiger partial charge in [0.05, 0.1) is 16.7 Å². The lowest BCUT2D eigenvalue weighted by atomic mass is 10.2. The van der Waals surface area contributed by atoms with Gasteiger partial charge in [-0.25, -0.2) is 14.4 Å². The zero-order valence-corrected chi connectivity index (χ0v) is 18.5. The van der Waals surface area contributed by atoms with Gasteiger partial charge in [-0.2, -0.15) is 31.4 Å². The molecule has 12 heteroatoms. The molecule has 0 spiro atoms. The third-order valence-electron chi connectivity index (χ3n) is 4.37. The molecule has 36 heavy (non-hydrogen) atoms. The van der Waals surface area contributed by atoms with Crippen molar-refractivity contribution in [2.45, 2.75) is 0 Å². The molecule has 0 aliphatic heterocycles. The topological polar surface area (TPSA) is 154 Å². The number of carbonyl (C=O) groups is 3. The monoisotopic (exact) mass is 486 g/mol. The Labute approximate surface area is 204 Å². The number of hydrogen-bond acceptors (Lipinski definition) is 12. The molecule has 0 radical (unpaired) electrons. The van der Waals surface area contributed by atoms with Crippen LogP contribution in [0, 0.1) is 0 Å². The largest absolute Gasteiger partial charge is 0.362 e. The van der Waals surface area contributed by atoms with Crippen LogP contribution in [-0.4, -0.2) is 32.9 Å². The van der Waals surface area contributed by atoms with Crippen LogP contribution in [-0.2, 0) is 14.5 Å². The van der Waals surface area contributed by atoms with Gasteiger partial charge in [-0.3, -0.25) is 0 Å². The summed E-state index contributed by atoms with van der Waals surface area (Å²) in [6.45, 7) is 0. The van der Waals surface area contributed by atoms with E-state index in [2.05, 4.69) is 31.4 Å². The number of nitrogens with zero attached hydrogens (tertiary/aromatic N) is 3. The standard InChI is InChI=1S/C24H18N6O6/c31-19(16-10-4-1-5-11-16)34-28-22-25-23(29-35-20(32)17-12-6-2-7-13-17)27-24(26-22)30-36-21(33)18-14-8-3-9-15-18/h1-15H,(H3,25,26,27,28,29,30). The van der Waals surface area contributed by atoms with Gasteiger partial charge < -0.3 is 14.5 Å². The average Bonchev–Trinajstić information content (AvgIpc) is 2.94. The third kappa shape index (κ3) is 6.51. The van der Waals surface area contributed by atoms with Crippen LogP contribution in [0.15, 0.2) is 91.0 Å². The van der Waals surface area contributed by atoms with Crippen LogP contribution >= 0.6 is 0 Å². The van der Waals surface area contributed by atoms with Crippen molar-refractivity contribution in [3.63, 3.8) is 0 Å². The molecule has 0 bridgehead atoms. The van der Waals surface area contributed by atoms with Crippen molar-refractivity contribution in [2.24, 2.45) is 0 Å². The van der Waals surface area contributed by atoms with Crippen LogP contribution < -0.4 is 16.4 Å². The summed E-state index contributed by atoms with van der Waals surface area (Å²) >= 11 is 0. The number of rotatable bonds is 9. The van der Waals surface area contributed by atoms with Crippen LogP contribution in [0.2, 0.25) is 0 Å². The molecule has 0 saturated carbocycles. The molecule has 0 unspecified atom stereocenters. The molecule has 1 aromatic heterocycles. The first-order valence-corrected chi connectivity index (χ1v) is 10.4. The predicted molar refractivity (Wildman–Crippen MR) is 126 cm³/mol. The Morgan fingerprint density at radius 2 is 0.694 bits per heavy atom. The summed E-state index contributed by atoms with van der Waals surface area (Å²) in [5.41, 5.74) is 7.71. The molecule has 0 aliphatic carbocycles. The molecular formula is C24H18N6O6. The van der Waals surface area contributed by atoms with E-state index < -0.39 is 17.9 Å². The molecule has 12 nitrogen and oxygen atoms in total. The summed E-state index contributed by atoms with van der Waals surface area (Å²) in [4.78, 5) is 63.5. The zero-order chi connectivity index (χ0) is 25.2. The Hall–Kier alpha value is -5.52. The predicted octanol–water partition coefficient (Wildman–Crippen LogP) is 3.42. The first-order chi connectivity index (χ1) is 17.6. The van der Waals surface area contributed by atoms with Crippen molar-refractivity contribution in [2.75, 3.05) is 16.4 Å². The first kappa shape index (κ1) is 23.6. The Morgan fingerprint density at radius 1 is 0.444 bits per heavy atom. The van der Waals surface area contributed by atoms with E-state index in [9.17, 15) is 14.4 Å². The molecule has 0 saturated heterocycles. The molecule has 0 aliphatic rings. The maximum absolute atomic E-state index is 12.2. The molecule has 180 valence electrons. The maximum Gasteiger partial charge on any atom is 0.362 e. The van der Waals surface area contributed by atoms with E-state index in [1.54, 1.807) is 91.0 Å². The molecule has 3 aromatic carbocycles. The lowest BCUT2D eigenvalue weighted by Gasteiger charge is -2.11. The zero-order valence-electron chi connectivity index (χ0n) is 18.5. The van der Waals surface area contributed by atoms with Gasteiger partial charge in [-0.15, -0.1) is 0 Å². The number of carbonyl (C=O) groups excluding carboxylic acids is 3. The summed E-state index contributed by atoms with van der Waals surface area (Å²) in [5, 5.41) is 0. The van der Waals surface area contributed by atoms with Crippen molar-refractivity contribution in [3.05, 3.63) is 108 Å². The smallest absolute Gasteiger partial charge is 0.335 e. The molecule has 4 rings (SSSR count). The van der Waals surface area contributed by atoms with Gasteiger partial charge in [-0.1, -0.05) is 54.6 Å². The average molecular weight is 486 g/mol. The molecule has 0 atom stereocenters. The van der Waals surface area contributed by atoms with E-state index in [0.717, 1.165) is 0 Å². The van der Waals surface area contributed by atoms with E-state index in [-0.39, 0.29) is 34.5 Å². The third-order valence-corrected chi connectivity index (χ3v) is 4.37. The minimum Gasteiger partial charge on any atom is -0.335 e. The van der Waals surface area contributed by atoms with E-state index in [1.165, 1.54) is 0 Å². The van der Waals surface area contributed by atoms with Gasteiger partial charge >= 0.3 is 17.9 Å². The Balaban J connectivity index is 1.47. The first-order valence-electron chi connectivity index (χ1n) is 10.4. The molecule has 0 amide bonds. The summed E-state index contributed by atoms with van der Waals surface area (Å²) in [6, 6.07) is 24.6. The van der Waals surface area contributed by atoms with E-state index >= 15 is 0 Å². The second-order valence-electron chi connectivity index (χ2n) is 6.88. The van der Waals surface area contributed by atoms with Crippen molar-refractivity contribution < 1.29 is 28.9 Å². The number of hydrogen-bond donors (Lipinski definition) is 3. The summed E-state index contributed by atoms with van der Waals surface area (Å²) in [7, 11) is 0. The fourth-order valence-corrected chi connectivity index (χ4v) is 2.69. The molecule has 1 heterocycles. The van der Waals surface area contributed by atoms with Crippen LogP contribution in [0.4, 0.5) is 17.8 Å². The lowest BCUT2D eigenvalue weighted by Crippen LogP contribution is -2.18. The highest BCUT2D eigenvalue weighted by atomic mass is 16.7. The number of aromatic nitrogens is 3. The van der Waals surface area contributed by atoms with Gasteiger partial charge in [0.2, 0.25) is 0 Å². The van der Waals surface area contributed by atoms with E-state index in [1.807, 2.05) is 0 Å². The van der Waals surface area contributed by atoms with Gasteiger partial charge in [0.25, 0.3) is 17.8 Å². The summed E-state index contributed by atoms with van der Waals surface area (Å²) < 4.78 is 0. The number of anilines is 3. The SMILES string of the molecule is O=C(ONc1nc(NOC(=O)c2ccccc2)nc(NOC(=O)c2ccccc2)n1)c1ccccc1. The quantitative estimate of drug-likeness (QED) is 0.235. The Bertz CT molecular complexity index is 1160. The minimum atomic E-state index is -0.703. The van der Waals surface area contributed by atoms with E-state index in [0.29, 0.717) is 0 Å². The number of benzene rings is 3. The van der Waals surface area contributed by atoms with E-state index in [4.69, 9.17) is 14.5 Å². The fraction of sp³-hybridized carbons (Fsp3) is 0. The number of nitrogens with one attached hydrogen (secondary N) is 3. The molecule has 0 fully saturated rings. The van der Waals surface area contributed by atoms with Gasteiger partial charge in [0, 0.05) is 0 Å².